The normalized spacial score (nSPS) is 15.7. The van der Waals surface area contributed by atoms with Crippen LogP contribution < -0.4 is 0 Å². The number of likely N-dealkylation sites (N-methyl/N-ethyl adjacent to an activating group) is 1. The zero-order valence-corrected chi connectivity index (χ0v) is 19.9. The van der Waals surface area contributed by atoms with Crippen molar-refractivity contribution in [1.82, 2.24) is 14.2 Å². The maximum atomic E-state index is 12.7. The van der Waals surface area contributed by atoms with E-state index in [0.29, 0.717) is 23.1 Å². The fourth-order valence-corrected chi connectivity index (χ4v) is 6.16. The summed E-state index contributed by atoms with van der Waals surface area (Å²) in [5.74, 6) is 0.0883. The molecule has 0 atom stereocenters. The molecule has 1 aliphatic heterocycles. The summed E-state index contributed by atoms with van der Waals surface area (Å²) in [6.07, 6.45) is 1.60. The predicted molar refractivity (Wildman–Crippen MR) is 124 cm³/mol. The summed E-state index contributed by atoms with van der Waals surface area (Å²) < 4.78 is 27.6. The highest BCUT2D eigenvalue weighted by Crippen LogP contribution is 2.34. The second kappa shape index (κ2) is 9.03. The first-order chi connectivity index (χ1) is 14.7. The molecule has 10 heteroatoms. The van der Waals surface area contributed by atoms with E-state index in [0.717, 1.165) is 32.4 Å². The van der Waals surface area contributed by atoms with E-state index < -0.39 is 10.0 Å². The standard InChI is InChI=1S/C21H21Cl2N3O3S2/c1-25(31(28,29)17-5-2-15(22)3-6-17)13-20(27)26-10-8-14(9-11-26)21-24-18-12-16(23)4-7-19(18)30-21/h2-7,12,14H,8-11,13H2,1H3. The second-order valence-electron chi connectivity index (χ2n) is 7.53. The number of hydrogen-bond donors (Lipinski definition) is 0. The molecule has 4 rings (SSSR count). The van der Waals surface area contributed by atoms with Crippen LogP contribution in [-0.2, 0) is 14.8 Å². The van der Waals surface area contributed by atoms with Gasteiger partial charge in [-0.1, -0.05) is 23.2 Å². The molecular formula is C21H21Cl2N3O3S2. The van der Waals surface area contributed by atoms with Gasteiger partial charge in [-0.2, -0.15) is 4.31 Å². The summed E-state index contributed by atoms with van der Waals surface area (Å²) in [7, 11) is -2.34. The van der Waals surface area contributed by atoms with E-state index in [1.807, 2.05) is 18.2 Å². The summed E-state index contributed by atoms with van der Waals surface area (Å²) in [5, 5.41) is 2.19. The van der Waals surface area contributed by atoms with Gasteiger partial charge in [-0.15, -0.1) is 11.3 Å². The number of amides is 1. The van der Waals surface area contributed by atoms with E-state index in [9.17, 15) is 13.2 Å². The van der Waals surface area contributed by atoms with Crippen molar-refractivity contribution in [3.05, 3.63) is 57.5 Å². The van der Waals surface area contributed by atoms with Crippen LogP contribution in [0.4, 0.5) is 0 Å². The zero-order chi connectivity index (χ0) is 22.2. The van der Waals surface area contributed by atoms with Crippen molar-refractivity contribution in [3.63, 3.8) is 0 Å². The minimum absolute atomic E-state index is 0.113. The average molecular weight is 498 g/mol. The number of carbonyl (C=O) groups excluding carboxylic acids is 1. The molecule has 0 radical (unpaired) electrons. The number of piperidine rings is 1. The van der Waals surface area contributed by atoms with Gasteiger partial charge in [0.2, 0.25) is 15.9 Å². The van der Waals surface area contributed by atoms with Gasteiger partial charge in [-0.3, -0.25) is 4.79 Å². The lowest BCUT2D eigenvalue weighted by Gasteiger charge is -2.32. The van der Waals surface area contributed by atoms with Crippen molar-refractivity contribution in [1.29, 1.82) is 0 Å². The molecule has 31 heavy (non-hydrogen) atoms. The molecule has 164 valence electrons. The summed E-state index contributed by atoms with van der Waals surface area (Å²) >= 11 is 13.6. The number of halogens is 2. The number of fused-ring (bicyclic) bond motifs is 1. The third-order valence-electron chi connectivity index (χ3n) is 5.44. The van der Waals surface area contributed by atoms with Gasteiger partial charge in [0.15, 0.2) is 0 Å². The Hall–Kier alpha value is -1.71. The van der Waals surface area contributed by atoms with E-state index in [-0.39, 0.29) is 23.3 Å². The Bertz CT molecular complexity index is 1200. The number of nitrogens with zero attached hydrogens (tertiary/aromatic N) is 3. The molecule has 1 amide bonds. The quantitative estimate of drug-likeness (QED) is 0.515. The van der Waals surface area contributed by atoms with Crippen molar-refractivity contribution >= 4 is 60.7 Å². The Morgan fingerprint density at radius 1 is 1.13 bits per heavy atom. The highest BCUT2D eigenvalue weighted by molar-refractivity contribution is 7.89. The molecule has 1 saturated heterocycles. The highest BCUT2D eigenvalue weighted by atomic mass is 35.5. The number of sulfonamides is 1. The maximum absolute atomic E-state index is 12.7. The zero-order valence-electron chi connectivity index (χ0n) is 16.8. The summed E-state index contributed by atoms with van der Waals surface area (Å²) in [4.78, 5) is 19.3. The smallest absolute Gasteiger partial charge is 0.243 e. The van der Waals surface area contributed by atoms with Gasteiger partial charge in [0.1, 0.15) is 0 Å². The van der Waals surface area contributed by atoms with Crippen molar-refractivity contribution in [3.8, 4) is 0 Å². The minimum Gasteiger partial charge on any atom is -0.342 e. The lowest BCUT2D eigenvalue weighted by Crippen LogP contribution is -2.44. The Labute approximate surface area is 195 Å². The highest BCUT2D eigenvalue weighted by Gasteiger charge is 2.29. The lowest BCUT2D eigenvalue weighted by molar-refractivity contribution is -0.132. The molecule has 3 aromatic rings. The van der Waals surface area contributed by atoms with E-state index in [1.165, 1.54) is 31.3 Å². The monoisotopic (exact) mass is 497 g/mol. The van der Waals surface area contributed by atoms with Crippen molar-refractivity contribution in [2.75, 3.05) is 26.7 Å². The number of rotatable bonds is 5. The Kier molecular flexibility index (Phi) is 6.55. The van der Waals surface area contributed by atoms with E-state index in [2.05, 4.69) is 0 Å². The molecular weight excluding hydrogens is 477 g/mol. The van der Waals surface area contributed by atoms with Gasteiger partial charge < -0.3 is 4.90 Å². The van der Waals surface area contributed by atoms with Crippen LogP contribution in [0, 0.1) is 0 Å². The van der Waals surface area contributed by atoms with Crippen molar-refractivity contribution < 1.29 is 13.2 Å². The first-order valence-corrected chi connectivity index (χ1v) is 12.8. The minimum atomic E-state index is -3.75. The maximum Gasteiger partial charge on any atom is 0.243 e. The molecule has 1 aromatic heterocycles. The van der Waals surface area contributed by atoms with Crippen LogP contribution in [0.1, 0.15) is 23.8 Å². The van der Waals surface area contributed by atoms with Gasteiger partial charge in [-0.05, 0) is 55.3 Å². The molecule has 2 aromatic carbocycles. The van der Waals surface area contributed by atoms with Crippen LogP contribution in [0.2, 0.25) is 10.0 Å². The van der Waals surface area contributed by atoms with Crippen LogP contribution in [0.3, 0.4) is 0 Å². The third kappa shape index (κ3) is 4.88. The molecule has 0 aliphatic carbocycles. The first-order valence-electron chi connectivity index (χ1n) is 9.80. The van der Waals surface area contributed by atoms with Crippen LogP contribution in [0.25, 0.3) is 10.2 Å². The molecule has 6 nitrogen and oxygen atoms in total. The molecule has 1 fully saturated rings. The fraction of sp³-hybridized carbons (Fsp3) is 0.333. The molecule has 1 aliphatic rings. The number of likely N-dealkylation sites (tertiary alicyclic amines) is 1. The van der Waals surface area contributed by atoms with Crippen LogP contribution >= 0.6 is 34.5 Å². The third-order valence-corrected chi connectivity index (χ3v) is 8.95. The van der Waals surface area contributed by atoms with Gasteiger partial charge in [-0.25, -0.2) is 13.4 Å². The SMILES string of the molecule is CN(CC(=O)N1CCC(c2nc3cc(Cl)ccc3s2)CC1)S(=O)(=O)c1ccc(Cl)cc1. The average Bonchev–Trinajstić information content (AvgIpc) is 3.17. The van der Waals surface area contributed by atoms with Crippen LogP contribution in [0.15, 0.2) is 47.4 Å². The number of carbonyl (C=O) groups is 1. The summed E-state index contributed by atoms with van der Waals surface area (Å²) in [6.45, 7) is 0.958. The topological polar surface area (TPSA) is 70.6 Å². The van der Waals surface area contributed by atoms with E-state index in [1.54, 1.807) is 16.2 Å². The molecule has 0 bridgehead atoms. The molecule has 0 saturated carbocycles. The van der Waals surface area contributed by atoms with E-state index in [4.69, 9.17) is 28.2 Å². The van der Waals surface area contributed by atoms with Crippen molar-refractivity contribution in [2.45, 2.75) is 23.7 Å². The molecule has 0 spiro atoms. The van der Waals surface area contributed by atoms with Crippen molar-refractivity contribution in [2.24, 2.45) is 0 Å². The largest absolute Gasteiger partial charge is 0.342 e. The van der Waals surface area contributed by atoms with E-state index >= 15 is 0 Å². The Morgan fingerprint density at radius 3 is 2.45 bits per heavy atom. The number of aromatic nitrogens is 1. The Balaban J connectivity index is 1.36. The summed E-state index contributed by atoms with van der Waals surface area (Å²) in [6, 6.07) is 11.6. The molecule has 0 unspecified atom stereocenters. The Morgan fingerprint density at radius 2 is 1.77 bits per heavy atom. The van der Waals surface area contributed by atoms with Crippen LogP contribution in [0.5, 0.6) is 0 Å². The second-order valence-corrected chi connectivity index (χ2v) is 11.5. The summed E-state index contributed by atoms with van der Waals surface area (Å²) in [5.41, 5.74) is 0.903. The number of benzene rings is 2. The number of hydrogen-bond acceptors (Lipinski definition) is 5. The molecule has 2 heterocycles. The lowest BCUT2D eigenvalue weighted by atomic mass is 9.97. The van der Waals surface area contributed by atoms with Gasteiger partial charge in [0.25, 0.3) is 0 Å². The van der Waals surface area contributed by atoms with Gasteiger partial charge in [0, 0.05) is 36.1 Å². The first kappa shape index (κ1) is 22.5. The van der Waals surface area contributed by atoms with Gasteiger partial charge in [0.05, 0.1) is 26.7 Å². The predicted octanol–water partition coefficient (Wildman–Crippen LogP) is 4.63. The van der Waals surface area contributed by atoms with Crippen LogP contribution in [-0.4, -0.2) is 55.2 Å². The number of thiazole rings is 1. The fourth-order valence-electron chi connectivity index (χ4n) is 3.63. The van der Waals surface area contributed by atoms with Gasteiger partial charge >= 0.3 is 0 Å². The molecule has 0 N–H and O–H groups in total.